The lowest BCUT2D eigenvalue weighted by molar-refractivity contribution is -0.134. The van der Waals surface area contributed by atoms with Gasteiger partial charge in [0.25, 0.3) is 0 Å². The Bertz CT molecular complexity index is 528. The predicted octanol–water partition coefficient (Wildman–Crippen LogP) is 2.06. The van der Waals surface area contributed by atoms with Crippen molar-refractivity contribution in [1.82, 2.24) is 4.90 Å². The molecule has 0 heterocycles. The lowest BCUT2D eigenvalue weighted by Crippen LogP contribution is -2.33. The molecule has 0 spiro atoms. The minimum atomic E-state index is 0.0913. The van der Waals surface area contributed by atoms with Crippen molar-refractivity contribution in [2.24, 2.45) is 11.7 Å². The number of carbonyl (C=O) groups excluding carboxylic acids is 1. The predicted molar refractivity (Wildman–Crippen MR) is 92.6 cm³/mol. The van der Waals surface area contributed by atoms with Gasteiger partial charge in [0, 0.05) is 43.8 Å². The maximum absolute atomic E-state index is 12.3. The largest absolute Gasteiger partial charge is 0.496 e. The van der Waals surface area contributed by atoms with Crippen molar-refractivity contribution in [2.45, 2.75) is 31.7 Å². The lowest BCUT2D eigenvalue weighted by Gasteiger charge is -2.21. The Labute approximate surface area is 143 Å². The third-order valence-electron chi connectivity index (χ3n) is 4.43. The molecule has 0 aromatic heterocycles. The fourth-order valence-electron chi connectivity index (χ4n) is 3.02. The van der Waals surface area contributed by atoms with Gasteiger partial charge in [0.05, 0.1) is 20.8 Å². The second-order valence-electron chi connectivity index (χ2n) is 6.28. The van der Waals surface area contributed by atoms with E-state index in [1.165, 1.54) is 0 Å². The summed E-state index contributed by atoms with van der Waals surface area (Å²) in [5.41, 5.74) is 5.89. The third-order valence-corrected chi connectivity index (χ3v) is 4.43. The fraction of sp³-hybridized carbons (Fsp3) is 0.611. The number of ether oxygens (including phenoxy) is 3. The maximum Gasteiger partial charge on any atom is 0.225 e. The van der Waals surface area contributed by atoms with Crippen molar-refractivity contribution in [1.29, 1.82) is 0 Å². The van der Waals surface area contributed by atoms with Crippen LogP contribution in [0.5, 0.6) is 17.2 Å². The normalized spacial score (nSPS) is 19.8. The van der Waals surface area contributed by atoms with E-state index in [0.717, 1.165) is 25.7 Å². The van der Waals surface area contributed by atoms with Gasteiger partial charge in [-0.05, 0) is 25.7 Å². The SMILES string of the molecule is COc1cc(OC)cc(OCCCN(C)C(=O)C2CCC(N)C2)c1. The monoisotopic (exact) mass is 336 g/mol. The van der Waals surface area contributed by atoms with Gasteiger partial charge in [-0.15, -0.1) is 0 Å². The summed E-state index contributed by atoms with van der Waals surface area (Å²) in [5.74, 6) is 2.37. The molecule has 6 nitrogen and oxygen atoms in total. The molecule has 1 saturated carbocycles. The number of nitrogens with two attached hydrogens (primary N) is 1. The zero-order chi connectivity index (χ0) is 17.5. The van der Waals surface area contributed by atoms with Gasteiger partial charge >= 0.3 is 0 Å². The topological polar surface area (TPSA) is 74.0 Å². The van der Waals surface area contributed by atoms with Gasteiger partial charge in [0.15, 0.2) is 0 Å². The maximum atomic E-state index is 12.3. The molecule has 0 saturated heterocycles. The molecule has 6 heteroatoms. The molecule has 0 aliphatic heterocycles. The zero-order valence-electron chi connectivity index (χ0n) is 14.8. The molecule has 24 heavy (non-hydrogen) atoms. The summed E-state index contributed by atoms with van der Waals surface area (Å²) in [6.07, 6.45) is 3.43. The van der Waals surface area contributed by atoms with Crippen LogP contribution in [0.3, 0.4) is 0 Å². The van der Waals surface area contributed by atoms with Crippen LogP contribution >= 0.6 is 0 Å². The smallest absolute Gasteiger partial charge is 0.225 e. The average Bonchev–Trinajstić information content (AvgIpc) is 3.03. The van der Waals surface area contributed by atoms with Crippen molar-refractivity contribution in [3.8, 4) is 17.2 Å². The number of amides is 1. The standard InChI is InChI=1S/C18H28N2O4/c1-20(18(21)13-5-6-14(19)9-13)7-4-8-24-17-11-15(22-2)10-16(12-17)23-3/h10-14H,4-9,19H2,1-3H3. The number of benzene rings is 1. The van der Waals surface area contributed by atoms with Gasteiger partial charge in [-0.3, -0.25) is 4.79 Å². The molecule has 134 valence electrons. The molecule has 1 amide bonds. The number of hydrogen-bond donors (Lipinski definition) is 1. The summed E-state index contributed by atoms with van der Waals surface area (Å²) >= 11 is 0. The zero-order valence-corrected chi connectivity index (χ0v) is 14.8. The van der Waals surface area contributed by atoms with Crippen molar-refractivity contribution < 1.29 is 19.0 Å². The highest BCUT2D eigenvalue weighted by atomic mass is 16.5. The fourth-order valence-corrected chi connectivity index (χ4v) is 3.02. The molecule has 0 bridgehead atoms. The van der Waals surface area contributed by atoms with Crippen LogP contribution in [0.1, 0.15) is 25.7 Å². The molecule has 1 aromatic rings. The first-order valence-electron chi connectivity index (χ1n) is 8.40. The summed E-state index contributed by atoms with van der Waals surface area (Å²) in [5, 5.41) is 0. The highest BCUT2D eigenvalue weighted by Crippen LogP contribution is 2.28. The van der Waals surface area contributed by atoms with E-state index in [9.17, 15) is 4.79 Å². The first kappa shape index (κ1) is 18.4. The average molecular weight is 336 g/mol. The summed E-state index contributed by atoms with van der Waals surface area (Å²) in [6, 6.07) is 5.61. The second kappa shape index (κ2) is 8.78. The van der Waals surface area contributed by atoms with E-state index in [1.807, 2.05) is 19.2 Å². The highest BCUT2D eigenvalue weighted by Gasteiger charge is 2.29. The Morgan fingerprint density at radius 1 is 1.17 bits per heavy atom. The Hall–Kier alpha value is -1.95. The van der Waals surface area contributed by atoms with Crippen LogP contribution in [-0.2, 0) is 4.79 Å². The highest BCUT2D eigenvalue weighted by molar-refractivity contribution is 5.78. The molecule has 2 atom stereocenters. The number of nitrogens with zero attached hydrogens (tertiary/aromatic N) is 1. The summed E-state index contributed by atoms with van der Waals surface area (Å²) in [6.45, 7) is 1.20. The lowest BCUT2D eigenvalue weighted by atomic mass is 10.1. The van der Waals surface area contributed by atoms with Gasteiger partial charge in [-0.1, -0.05) is 0 Å². The second-order valence-corrected chi connectivity index (χ2v) is 6.28. The Balaban J connectivity index is 1.75. The molecule has 1 aliphatic rings. The van der Waals surface area contributed by atoms with Crippen LogP contribution in [0, 0.1) is 5.92 Å². The summed E-state index contributed by atoms with van der Waals surface area (Å²) in [7, 11) is 5.06. The number of rotatable bonds is 8. The van der Waals surface area contributed by atoms with Crippen LogP contribution in [0.2, 0.25) is 0 Å². The third kappa shape index (κ3) is 5.03. The molecular weight excluding hydrogens is 308 g/mol. The van der Waals surface area contributed by atoms with Crippen LogP contribution in [0.25, 0.3) is 0 Å². The molecule has 2 rings (SSSR count). The van der Waals surface area contributed by atoms with Crippen LogP contribution in [-0.4, -0.2) is 51.3 Å². The van der Waals surface area contributed by atoms with Crippen molar-refractivity contribution in [3.63, 3.8) is 0 Å². The van der Waals surface area contributed by atoms with Crippen molar-refractivity contribution in [2.75, 3.05) is 34.4 Å². The molecule has 1 aliphatic carbocycles. The van der Waals surface area contributed by atoms with E-state index in [2.05, 4.69) is 0 Å². The van der Waals surface area contributed by atoms with Crippen LogP contribution in [0.15, 0.2) is 18.2 Å². The van der Waals surface area contributed by atoms with Crippen molar-refractivity contribution >= 4 is 5.91 Å². The van der Waals surface area contributed by atoms with E-state index in [0.29, 0.717) is 30.4 Å². The molecule has 0 radical (unpaired) electrons. The minimum absolute atomic E-state index is 0.0913. The van der Waals surface area contributed by atoms with E-state index < -0.39 is 0 Å². The Morgan fingerprint density at radius 3 is 2.33 bits per heavy atom. The number of methoxy groups -OCH3 is 2. The number of carbonyl (C=O) groups is 1. The van der Waals surface area contributed by atoms with E-state index in [-0.39, 0.29) is 17.9 Å². The van der Waals surface area contributed by atoms with Gasteiger partial charge < -0.3 is 24.8 Å². The first-order chi connectivity index (χ1) is 11.5. The van der Waals surface area contributed by atoms with E-state index in [1.54, 1.807) is 25.2 Å². The van der Waals surface area contributed by atoms with Crippen molar-refractivity contribution in [3.05, 3.63) is 18.2 Å². The Kier molecular flexibility index (Phi) is 6.73. The molecule has 1 aromatic carbocycles. The van der Waals surface area contributed by atoms with Crippen LogP contribution in [0.4, 0.5) is 0 Å². The molecular formula is C18H28N2O4. The van der Waals surface area contributed by atoms with E-state index >= 15 is 0 Å². The van der Waals surface area contributed by atoms with Crippen LogP contribution < -0.4 is 19.9 Å². The summed E-state index contributed by atoms with van der Waals surface area (Å²) < 4.78 is 16.2. The number of hydrogen-bond acceptors (Lipinski definition) is 5. The van der Waals surface area contributed by atoms with Gasteiger partial charge in [-0.2, -0.15) is 0 Å². The van der Waals surface area contributed by atoms with Gasteiger partial charge in [0.2, 0.25) is 5.91 Å². The van der Waals surface area contributed by atoms with Gasteiger partial charge in [0.1, 0.15) is 17.2 Å². The molecule has 2 unspecified atom stereocenters. The molecule has 2 N–H and O–H groups in total. The van der Waals surface area contributed by atoms with E-state index in [4.69, 9.17) is 19.9 Å². The molecule has 1 fully saturated rings. The Morgan fingerprint density at radius 2 is 1.79 bits per heavy atom. The minimum Gasteiger partial charge on any atom is -0.496 e. The quantitative estimate of drug-likeness (QED) is 0.736. The van der Waals surface area contributed by atoms with Gasteiger partial charge in [-0.25, -0.2) is 0 Å². The first-order valence-corrected chi connectivity index (χ1v) is 8.40. The summed E-state index contributed by atoms with van der Waals surface area (Å²) in [4.78, 5) is 14.1.